The van der Waals surface area contributed by atoms with Crippen LogP contribution in [0.1, 0.15) is 20.8 Å². The molecule has 0 spiro atoms. The minimum atomic E-state index is -2.08. The molecule has 0 bridgehead atoms. The van der Waals surface area contributed by atoms with E-state index in [0.717, 1.165) is 0 Å². The SMILES string of the molecule is C=C(C)C(=O)P(C(=O)C(=C)C)C(=O)C(=C)C. The molecule has 0 aromatic heterocycles. The van der Waals surface area contributed by atoms with E-state index in [0.29, 0.717) is 0 Å². The van der Waals surface area contributed by atoms with Crippen molar-refractivity contribution < 1.29 is 14.4 Å². The van der Waals surface area contributed by atoms with Crippen LogP contribution in [0.4, 0.5) is 0 Å². The Bertz CT molecular complexity index is 343. The summed E-state index contributed by atoms with van der Waals surface area (Å²) in [5.41, 5.74) is -0.899. The smallest absolute Gasteiger partial charge is 0.195 e. The van der Waals surface area contributed by atoms with Crippen LogP contribution in [0.3, 0.4) is 0 Å². The molecule has 3 nitrogen and oxygen atoms in total. The monoisotopic (exact) mass is 238 g/mol. The summed E-state index contributed by atoms with van der Waals surface area (Å²) in [6.45, 7) is 14.8. The lowest BCUT2D eigenvalue weighted by molar-refractivity contribution is -0.113. The highest BCUT2D eigenvalue weighted by Gasteiger charge is 2.34. The van der Waals surface area contributed by atoms with E-state index in [1.54, 1.807) is 0 Å². The van der Waals surface area contributed by atoms with Gasteiger partial charge < -0.3 is 0 Å². The molecular formula is C12H15O3P. The lowest BCUT2D eigenvalue weighted by Gasteiger charge is -2.13. The summed E-state index contributed by atoms with van der Waals surface area (Å²) in [6.07, 6.45) is 0. The molecule has 0 radical (unpaired) electrons. The molecule has 0 atom stereocenters. The molecule has 0 aromatic rings. The van der Waals surface area contributed by atoms with Gasteiger partial charge in [0, 0.05) is 0 Å². The fourth-order valence-electron chi connectivity index (χ4n) is 0.849. The summed E-state index contributed by atoms with van der Waals surface area (Å²) >= 11 is 0. The second kappa shape index (κ2) is 5.66. The van der Waals surface area contributed by atoms with Crippen LogP contribution < -0.4 is 0 Å². The molecule has 0 amide bonds. The standard InChI is InChI=1S/C12H15O3P/c1-7(2)10(13)16(11(14)8(3)4)12(15)9(5)6/h1,3,5H2,2,4,6H3. The normalized spacial score (nSPS) is 9.75. The molecule has 0 saturated carbocycles. The third-order valence-electron chi connectivity index (χ3n) is 1.70. The van der Waals surface area contributed by atoms with Crippen molar-refractivity contribution >= 4 is 24.5 Å². The van der Waals surface area contributed by atoms with E-state index in [-0.39, 0.29) is 16.7 Å². The van der Waals surface area contributed by atoms with Crippen molar-refractivity contribution in [2.75, 3.05) is 0 Å². The number of hydrogen-bond donors (Lipinski definition) is 0. The van der Waals surface area contributed by atoms with Gasteiger partial charge in [-0.05, 0) is 37.5 Å². The Balaban J connectivity index is 5.39. The van der Waals surface area contributed by atoms with E-state index < -0.39 is 24.5 Å². The van der Waals surface area contributed by atoms with Gasteiger partial charge in [-0.25, -0.2) is 0 Å². The minimum absolute atomic E-state index is 0.204. The molecule has 0 aromatic carbocycles. The van der Waals surface area contributed by atoms with Crippen molar-refractivity contribution in [3.05, 3.63) is 36.5 Å². The van der Waals surface area contributed by atoms with E-state index in [1.807, 2.05) is 0 Å². The fraction of sp³-hybridized carbons (Fsp3) is 0.250. The molecule has 0 N–H and O–H groups in total. The van der Waals surface area contributed by atoms with Crippen molar-refractivity contribution in [2.45, 2.75) is 20.8 Å². The molecule has 0 saturated heterocycles. The number of rotatable bonds is 6. The number of allylic oxidation sites excluding steroid dienone is 3. The molecule has 0 rings (SSSR count). The van der Waals surface area contributed by atoms with Crippen molar-refractivity contribution in [1.29, 1.82) is 0 Å². The predicted molar refractivity (Wildman–Crippen MR) is 66.4 cm³/mol. The van der Waals surface area contributed by atoms with Gasteiger partial charge in [-0.15, -0.1) is 0 Å². The maximum absolute atomic E-state index is 11.7. The summed E-state index contributed by atoms with van der Waals surface area (Å²) in [4.78, 5) is 35.2. The Morgan fingerprint density at radius 3 is 1.00 bits per heavy atom. The maximum atomic E-state index is 11.7. The van der Waals surface area contributed by atoms with Gasteiger partial charge in [-0.2, -0.15) is 0 Å². The van der Waals surface area contributed by atoms with E-state index in [9.17, 15) is 14.4 Å². The van der Waals surface area contributed by atoms with E-state index in [1.165, 1.54) is 20.8 Å². The molecule has 4 heteroatoms. The topological polar surface area (TPSA) is 51.2 Å². The molecule has 0 heterocycles. The zero-order chi connectivity index (χ0) is 13.0. The first-order chi connectivity index (χ1) is 7.20. The Labute approximate surface area is 96.7 Å². The van der Waals surface area contributed by atoms with Gasteiger partial charge in [0.1, 0.15) is 7.92 Å². The Morgan fingerprint density at radius 2 is 0.875 bits per heavy atom. The molecule has 86 valence electrons. The third kappa shape index (κ3) is 3.35. The summed E-state index contributed by atoms with van der Waals surface area (Å²) in [6, 6.07) is 0. The fourth-order valence-corrected chi connectivity index (χ4v) is 2.55. The van der Waals surface area contributed by atoms with Gasteiger partial charge in [-0.1, -0.05) is 19.7 Å². The lowest BCUT2D eigenvalue weighted by Crippen LogP contribution is -2.14. The quantitative estimate of drug-likeness (QED) is 0.528. The molecule has 0 fully saturated rings. The van der Waals surface area contributed by atoms with Crippen LogP contribution in [0.25, 0.3) is 0 Å². The largest absolute Gasteiger partial charge is 0.288 e. The summed E-state index contributed by atoms with van der Waals surface area (Å²) in [5.74, 6) is 0. The average Bonchev–Trinajstić information content (AvgIpc) is 2.16. The van der Waals surface area contributed by atoms with Crippen molar-refractivity contribution in [2.24, 2.45) is 0 Å². The molecule has 16 heavy (non-hydrogen) atoms. The first-order valence-electron chi connectivity index (χ1n) is 4.59. The highest BCUT2D eigenvalue weighted by atomic mass is 31.1. The Morgan fingerprint density at radius 1 is 0.688 bits per heavy atom. The van der Waals surface area contributed by atoms with Gasteiger partial charge in [0.15, 0.2) is 16.6 Å². The maximum Gasteiger partial charge on any atom is 0.195 e. The van der Waals surface area contributed by atoms with Crippen LogP contribution in [0.5, 0.6) is 0 Å². The molecule has 0 aliphatic carbocycles. The van der Waals surface area contributed by atoms with Crippen molar-refractivity contribution in [1.82, 2.24) is 0 Å². The molecule has 0 aliphatic rings. The lowest BCUT2D eigenvalue weighted by atomic mass is 10.4. The van der Waals surface area contributed by atoms with Gasteiger partial charge in [0.05, 0.1) is 0 Å². The van der Waals surface area contributed by atoms with Crippen molar-refractivity contribution in [3.63, 3.8) is 0 Å². The zero-order valence-electron chi connectivity index (χ0n) is 9.79. The zero-order valence-corrected chi connectivity index (χ0v) is 10.7. The van der Waals surface area contributed by atoms with Crippen LogP contribution in [0, 0.1) is 0 Å². The molecule has 0 aliphatic heterocycles. The van der Waals surface area contributed by atoms with E-state index >= 15 is 0 Å². The Kier molecular flexibility index (Phi) is 5.19. The highest BCUT2D eigenvalue weighted by molar-refractivity contribution is 8.03. The summed E-state index contributed by atoms with van der Waals surface area (Å²) < 4.78 is 0. The van der Waals surface area contributed by atoms with Gasteiger partial charge >= 0.3 is 0 Å². The number of hydrogen-bond acceptors (Lipinski definition) is 3. The van der Waals surface area contributed by atoms with Gasteiger partial charge in [0.25, 0.3) is 0 Å². The second-order valence-corrected chi connectivity index (χ2v) is 5.48. The summed E-state index contributed by atoms with van der Waals surface area (Å²) in [5, 5.41) is 0. The van der Waals surface area contributed by atoms with Gasteiger partial charge in [0.2, 0.25) is 0 Å². The second-order valence-electron chi connectivity index (χ2n) is 3.59. The van der Waals surface area contributed by atoms with Crippen LogP contribution in [-0.4, -0.2) is 16.6 Å². The number of carbonyl (C=O) groups is 3. The Hall–Kier alpha value is -1.34. The number of carbonyl (C=O) groups excluding carboxylic acids is 3. The van der Waals surface area contributed by atoms with Gasteiger partial charge in [-0.3, -0.25) is 14.4 Å². The van der Waals surface area contributed by atoms with Crippen LogP contribution in [0.2, 0.25) is 0 Å². The summed E-state index contributed by atoms with van der Waals surface area (Å²) in [7, 11) is -2.08. The van der Waals surface area contributed by atoms with Crippen LogP contribution in [0.15, 0.2) is 36.5 Å². The van der Waals surface area contributed by atoms with E-state index in [4.69, 9.17) is 0 Å². The molecule has 0 unspecified atom stereocenters. The van der Waals surface area contributed by atoms with Crippen LogP contribution >= 0.6 is 7.92 Å². The third-order valence-corrected chi connectivity index (χ3v) is 4.07. The van der Waals surface area contributed by atoms with Crippen LogP contribution in [-0.2, 0) is 14.4 Å². The van der Waals surface area contributed by atoms with E-state index in [2.05, 4.69) is 19.7 Å². The minimum Gasteiger partial charge on any atom is -0.288 e. The first-order valence-corrected chi connectivity index (χ1v) is 5.94. The first kappa shape index (κ1) is 14.7. The van der Waals surface area contributed by atoms with Crippen molar-refractivity contribution in [3.8, 4) is 0 Å². The predicted octanol–water partition coefficient (Wildman–Crippen LogP) is 2.78. The average molecular weight is 238 g/mol. The molecular weight excluding hydrogens is 223 g/mol. The highest BCUT2D eigenvalue weighted by Crippen LogP contribution is 2.44.